The number of nitrogens with zero attached hydrogens (tertiary/aromatic N) is 3. The van der Waals surface area contributed by atoms with Crippen LogP contribution in [0.2, 0.25) is 0 Å². The summed E-state index contributed by atoms with van der Waals surface area (Å²) in [6.45, 7) is 5.06. The molecule has 29 heavy (non-hydrogen) atoms. The summed E-state index contributed by atoms with van der Waals surface area (Å²) in [4.78, 5) is 4.42. The first-order valence-corrected chi connectivity index (χ1v) is 9.38. The van der Waals surface area contributed by atoms with Crippen LogP contribution in [0, 0.1) is 13.8 Å². The van der Waals surface area contributed by atoms with Crippen LogP contribution in [-0.4, -0.2) is 30.0 Å². The van der Waals surface area contributed by atoms with Crippen molar-refractivity contribution in [3.8, 4) is 17.2 Å². The third-order valence-electron chi connectivity index (χ3n) is 4.77. The lowest BCUT2D eigenvalue weighted by Gasteiger charge is -2.09. The van der Waals surface area contributed by atoms with Crippen LogP contribution in [-0.2, 0) is 13.1 Å². The van der Waals surface area contributed by atoms with Crippen molar-refractivity contribution in [2.24, 2.45) is 10.7 Å². The first-order valence-electron chi connectivity index (χ1n) is 9.38. The molecule has 2 aromatic carbocycles. The van der Waals surface area contributed by atoms with Gasteiger partial charge in [-0.05, 0) is 43.7 Å². The summed E-state index contributed by atoms with van der Waals surface area (Å²) >= 11 is 0. The molecular weight excluding hydrogens is 366 g/mol. The van der Waals surface area contributed by atoms with Crippen LogP contribution in [0.25, 0.3) is 5.69 Å². The molecule has 3 aromatic rings. The SMILES string of the molecule is COc1ccc(CN=C(N)NCc2c(C)nn(-c3ccccc3)c2C)cc1OC. The van der Waals surface area contributed by atoms with Crippen molar-refractivity contribution in [2.45, 2.75) is 26.9 Å². The van der Waals surface area contributed by atoms with Crippen molar-refractivity contribution < 1.29 is 9.47 Å². The molecule has 1 heterocycles. The fraction of sp³-hybridized carbons (Fsp3) is 0.273. The number of aliphatic imine (C=N–C) groups is 1. The van der Waals surface area contributed by atoms with E-state index in [4.69, 9.17) is 15.2 Å². The van der Waals surface area contributed by atoms with Crippen LogP contribution in [0.1, 0.15) is 22.5 Å². The van der Waals surface area contributed by atoms with E-state index < -0.39 is 0 Å². The van der Waals surface area contributed by atoms with Crippen molar-refractivity contribution in [1.29, 1.82) is 0 Å². The fourth-order valence-corrected chi connectivity index (χ4v) is 3.14. The van der Waals surface area contributed by atoms with Gasteiger partial charge >= 0.3 is 0 Å². The third kappa shape index (κ3) is 4.68. The van der Waals surface area contributed by atoms with E-state index in [1.54, 1.807) is 14.2 Å². The summed E-state index contributed by atoms with van der Waals surface area (Å²) in [5, 5.41) is 7.84. The molecule has 0 aliphatic rings. The molecule has 0 aliphatic carbocycles. The molecule has 152 valence electrons. The molecule has 0 amide bonds. The molecule has 0 bridgehead atoms. The van der Waals surface area contributed by atoms with Gasteiger partial charge in [-0.2, -0.15) is 5.10 Å². The smallest absolute Gasteiger partial charge is 0.189 e. The Morgan fingerprint density at radius 3 is 2.48 bits per heavy atom. The fourth-order valence-electron chi connectivity index (χ4n) is 3.14. The predicted molar refractivity (Wildman–Crippen MR) is 115 cm³/mol. The molecule has 0 fully saturated rings. The lowest BCUT2D eigenvalue weighted by Crippen LogP contribution is -2.31. The highest BCUT2D eigenvalue weighted by Gasteiger charge is 2.12. The summed E-state index contributed by atoms with van der Waals surface area (Å²) in [7, 11) is 3.22. The van der Waals surface area contributed by atoms with Gasteiger partial charge in [0.15, 0.2) is 17.5 Å². The molecule has 7 heteroatoms. The van der Waals surface area contributed by atoms with Crippen molar-refractivity contribution >= 4 is 5.96 Å². The monoisotopic (exact) mass is 393 g/mol. The minimum absolute atomic E-state index is 0.381. The molecular formula is C22H27N5O2. The van der Waals surface area contributed by atoms with Gasteiger partial charge in [-0.25, -0.2) is 9.67 Å². The van der Waals surface area contributed by atoms with E-state index >= 15 is 0 Å². The number of aryl methyl sites for hydroxylation is 1. The van der Waals surface area contributed by atoms with Gasteiger partial charge in [-0.1, -0.05) is 24.3 Å². The number of aromatic nitrogens is 2. The number of ether oxygens (including phenoxy) is 2. The Kier molecular flexibility index (Phi) is 6.39. The van der Waals surface area contributed by atoms with Crippen molar-refractivity contribution in [1.82, 2.24) is 15.1 Å². The average Bonchev–Trinajstić information content (AvgIpc) is 3.04. The van der Waals surface area contributed by atoms with E-state index in [0.717, 1.165) is 28.2 Å². The maximum absolute atomic E-state index is 6.07. The Balaban J connectivity index is 1.66. The molecule has 0 radical (unpaired) electrons. The van der Waals surface area contributed by atoms with Gasteiger partial charge in [0.05, 0.1) is 32.1 Å². The van der Waals surface area contributed by atoms with Crippen molar-refractivity contribution in [3.05, 3.63) is 71.0 Å². The Hall–Kier alpha value is -3.48. The number of benzene rings is 2. The Morgan fingerprint density at radius 1 is 1.07 bits per heavy atom. The second kappa shape index (κ2) is 9.14. The Bertz CT molecular complexity index is 996. The molecule has 0 aliphatic heterocycles. The van der Waals surface area contributed by atoms with E-state index in [9.17, 15) is 0 Å². The number of hydrogen-bond donors (Lipinski definition) is 2. The van der Waals surface area contributed by atoms with Crippen molar-refractivity contribution in [3.63, 3.8) is 0 Å². The number of rotatable bonds is 7. The second-order valence-electron chi connectivity index (χ2n) is 6.64. The highest BCUT2D eigenvalue weighted by Crippen LogP contribution is 2.27. The number of nitrogens with two attached hydrogens (primary N) is 1. The standard InChI is InChI=1S/C22H27N5O2/c1-15-19(16(2)27(26-15)18-8-6-5-7-9-18)14-25-22(23)24-13-17-10-11-20(28-3)21(12-17)29-4/h5-12H,13-14H2,1-4H3,(H3,23,24,25). The molecule has 0 atom stereocenters. The van der Waals surface area contributed by atoms with Gasteiger partial charge in [0.25, 0.3) is 0 Å². The summed E-state index contributed by atoms with van der Waals surface area (Å²) in [5.74, 6) is 1.74. The van der Waals surface area contributed by atoms with Crippen molar-refractivity contribution in [2.75, 3.05) is 14.2 Å². The van der Waals surface area contributed by atoms with Gasteiger partial charge in [-0.15, -0.1) is 0 Å². The minimum atomic E-state index is 0.381. The quantitative estimate of drug-likeness (QED) is 0.476. The number of nitrogens with one attached hydrogen (secondary N) is 1. The molecule has 1 aromatic heterocycles. The molecule has 3 N–H and O–H groups in total. The van der Waals surface area contributed by atoms with Crippen LogP contribution in [0.3, 0.4) is 0 Å². The number of hydrogen-bond acceptors (Lipinski definition) is 4. The normalized spacial score (nSPS) is 11.4. The molecule has 3 rings (SSSR count). The predicted octanol–water partition coefficient (Wildman–Crippen LogP) is 3.11. The van der Waals surface area contributed by atoms with E-state index in [2.05, 4.69) is 22.3 Å². The van der Waals surface area contributed by atoms with Gasteiger partial charge in [0.2, 0.25) is 0 Å². The lowest BCUT2D eigenvalue weighted by atomic mass is 10.2. The highest BCUT2D eigenvalue weighted by molar-refractivity contribution is 5.77. The van der Waals surface area contributed by atoms with Gasteiger partial charge < -0.3 is 20.5 Å². The molecule has 0 unspecified atom stereocenters. The molecule has 0 spiro atoms. The first-order chi connectivity index (χ1) is 14.0. The number of methoxy groups -OCH3 is 2. The number of guanidine groups is 1. The zero-order valence-corrected chi connectivity index (χ0v) is 17.3. The molecule has 7 nitrogen and oxygen atoms in total. The zero-order valence-electron chi connectivity index (χ0n) is 17.3. The summed E-state index contributed by atoms with van der Waals surface area (Å²) in [6.07, 6.45) is 0. The van der Waals surface area contributed by atoms with Crippen LogP contribution < -0.4 is 20.5 Å². The Labute approximate surface area is 171 Å². The van der Waals surface area contributed by atoms with Crippen LogP contribution in [0.4, 0.5) is 0 Å². The van der Waals surface area contributed by atoms with E-state index in [0.29, 0.717) is 30.5 Å². The summed E-state index contributed by atoms with van der Waals surface area (Å²) in [5.41, 5.74) is 11.2. The van der Waals surface area contributed by atoms with Gasteiger partial charge in [-0.3, -0.25) is 0 Å². The molecule has 0 saturated heterocycles. The zero-order chi connectivity index (χ0) is 20.8. The topological polar surface area (TPSA) is 86.7 Å². The summed E-state index contributed by atoms with van der Waals surface area (Å²) in [6, 6.07) is 15.8. The highest BCUT2D eigenvalue weighted by atomic mass is 16.5. The van der Waals surface area contributed by atoms with Gasteiger partial charge in [0, 0.05) is 17.8 Å². The third-order valence-corrected chi connectivity index (χ3v) is 4.77. The van der Waals surface area contributed by atoms with Crippen LogP contribution >= 0.6 is 0 Å². The Morgan fingerprint density at radius 2 is 1.79 bits per heavy atom. The largest absolute Gasteiger partial charge is 0.493 e. The number of para-hydroxylation sites is 1. The van der Waals surface area contributed by atoms with E-state index in [1.165, 1.54) is 0 Å². The van der Waals surface area contributed by atoms with Gasteiger partial charge in [0.1, 0.15) is 0 Å². The lowest BCUT2D eigenvalue weighted by molar-refractivity contribution is 0.354. The van der Waals surface area contributed by atoms with E-state index in [1.807, 2.05) is 60.1 Å². The second-order valence-corrected chi connectivity index (χ2v) is 6.64. The molecule has 0 saturated carbocycles. The summed E-state index contributed by atoms with van der Waals surface area (Å²) < 4.78 is 12.5. The van der Waals surface area contributed by atoms with Crippen LogP contribution in [0.15, 0.2) is 53.5 Å². The minimum Gasteiger partial charge on any atom is -0.493 e. The maximum atomic E-state index is 6.07. The average molecular weight is 393 g/mol. The first kappa shape index (κ1) is 20.3. The maximum Gasteiger partial charge on any atom is 0.189 e. The van der Waals surface area contributed by atoms with Crippen LogP contribution in [0.5, 0.6) is 11.5 Å². The van der Waals surface area contributed by atoms with E-state index in [-0.39, 0.29) is 0 Å².